The van der Waals surface area contributed by atoms with Crippen molar-refractivity contribution in [3.8, 4) is 0 Å². The number of hydrogen-bond acceptors (Lipinski definition) is 8. The van der Waals surface area contributed by atoms with Gasteiger partial charge in [-0.2, -0.15) is 0 Å². The molecule has 3 aliphatic heterocycles. The number of carbonyl (C=O) groups is 2. The molecule has 3 aromatic rings. The van der Waals surface area contributed by atoms with Crippen molar-refractivity contribution in [2.24, 2.45) is 5.92 Å². The number of nitrogens with zero attached hydrogens (tertiary/aromatic N) is 4. The fourth-order valence-corrected chi connectivity index (χ4v) is 7.49. The summed E-state index contributed by atoms with van der Waals surface area (Å²) in [5.41, 5.74) is 9.52. The Morgan fingerprint density at radius 3 is 2.68 bits per heavy atom. The molecule has 5 heterocycles. The first-order valence-corrected chi connectivity index (χ1v) is 15.5. The summed E-state index contributed by atoms with van der Waals surface area (Å²) in [6.45, 7) is 9.51. The van der Waals surface area contributed by atoms with Crippen LogP contribution in [0.5, 0.6) is 0 Å². The summed E-state index contributed by atoms with van der Waals surface area (Å²) < 4.78 is 6.45. The molecule has 2 aromatic heterocycles. The first-order chi connectivity index (χ1) is 19.6. The van der Waals surface area contributed by atoms with Crippen LogP contribution in [0.3, 0.4) is 0 Å². The smallest absolute Gasteiger partial charge is 0.313 e. The van der Waals surface area contributed by atoms with Gasteiger partial charge in [0.1, 0.15) is 5.82 Å². The molecule has 3 unspecified atom stereocenters. The highest BCUT2D eigenvalue weighted by atomic mass is 32.1. The average Bonchev–Trinajstić information content (AvgIpc) is 3.34. The maximum absolute atomic E-state index is 13.6. The average molecular weight is 577 g/mol. The Morgan fingerprint density at radius 2 is 1.95 bits per heavy atom. The fraction of sp³-hybridized carbons (Fsp3) is 0.548. The zero-order valence-corrected chi connectivity index (χ0v) is 25.2. The van der Waals surface area contributed by atoms with E-state index in [-0.39, 0.29) is 17.5 Å². The Bertz CT molecular complexity index is 1470. The lowest BCUT2D eigenvalue weighted by atomic mass is 9.83. The van der Waals surface area contributed by atoms with Crippen LogP contribution < -0.4 is 11.1 Å². The van der Waals surface area contributed by atoms with Gasteiger partial charge in [-0.15, -0.1) is 11.3 Å². The summed E-state index contributed by atoms with van der Waals surface area (Å²) in [6, 6.07) is 8.01. The van der Waals surface area contributed by atoms with E-state index in [1.165, 1.54) is 15.9 Å². The van der Waals surface area contributed by atoms with Gasteiger partial charge in [-0.25, -0.2) is 9.97 Å². The van der Waals surface area contributed by atoms with Gasteiger partial charge in [0.15, 0.2) is 0 Å². The number of rotatable bonds is 4. The normalized spacial score (nSPS) is 25.2. The van der Waals surface area contributed by atoms with Gasteiger partial charge in [-0.05, 0) is 82.8 Å². The lowest BCUT2D eigenvalue weighted by Crippen LogP contribution is -2.46. The van der Waals surface area contributed by atoms with Gasteiger partial charge < -0.3 is 25.6 Å². The summed E-state index contributed by atoms with van der Waals surface area (Å²) in [4.78, 5) is 40.3. The van der Waals surface area contributed by atoms with E-state index in [4.69, 9.17) is 15.5 Å². The highest BCUT2D eigenvalue weighted by Crippen LogP contribution is 2.41. The number of amides is 2. The quantitative estimate of drug-likeness (QED) is 0.424. The highest BCUT2D eigenvalue weighted by Gasteiger charge is 2.36. The number of piperidine rings is 2. The number of thiazole rings is 1. The predicted octanol–water partition coefficient (Wildman–Crippen LogP) is 4.91. The van der Waals surface area contributed by atoms with Gasteiger partial charge in [0.2, 0.25) is 0 Å². The van der Waals surface area contributed by atoms with Crippen molar-refractivity contribution >= 4 is 44.9 Å². The van der Waals surface area contributed by atoms with E-state index in [1.54, 1.807) is 22.3 Å². The van der Waals surface area contributed by atoms with E-state index < -0.39 is 11.8 Å². The number of aromatic nitrogens is 2. The molecule has 2 amide bonds. The van der Waals surface area contributed by atoms with Crippen LogP contribution in [0.2, 0.25) is 0 Å². The second-order valence-corrected chi connectivity index (χ2v) is 13.8. The van der Waals surface area contributed by atoms with Crippen LogP contribution in [0, 0.1) is 5.92 Å². The Balaban J connectivity index is 1.21. The molecular weight excluding hydrogens is 536 g/mol. The Morgan fingerprint density at radius 1 is 1.15 bits per heavy atom. The van der Waals surface area contributed by atoms with E-state index >= 15 is 0 Å². The fourth-order valence-electron chi connectivity index (χ4n) is 6.41. The number of pyridine rings is 1. The van der Waals surface area contributed by atoms with Crippen molar-refractivity contribution in [1.29, 1.82) is 0 Å². The molecule has 218 valence electrons. The molecule has 10 heteroatoms. The summed E-state index contributed by atoms with van der Waals surface area (Å²) in [5, 5.41) is 3.97. The van der Waals surface area contributed by atoms with Gasteiger partial charge in [-0.1, -0.05) is 13.0 Å². The van der Waals surface area contributed by atoms with Crippen molar-refractivity contribution in [2.75, 3.05) is 44.4 Å². The third-order valence-corrected chi connectivity index (χ3v) is 10.5. The Hall–Kier alpha value is -3.08. The van der Waals surface area contributed by atoms with Crippen molar-refractivity contribution in [3.05, 3.63) is 46.6 Å². The number of hydrogen-bond donors (Lipinski definition) is 2. The first-order valence-electron chi connectivity index (χ1n) is 14.7. The van der Waals surface area contributed by atoms with Gasteiger partial charge in [0.25, 0.3) is 0 Å². The minimum absolute atomic E-state index is 0.155. The molecule has 3 N–H and O–H groups in total. The summed E-state index contributed by atoms with van der Waals surface area (Å²) in [5.74, 6) is 0.170. The molecule has 9 nitrogen and oxygen atoms in total. The number of likely N-dealkylation sites (tertiary alicyclic amines) is 2. The summed E-state index contributed by atoms with van der Waals surface area (Å²) in [7, 11) is 2.20. The molecular formula is C31H40N6O3S. The van der Waals surface area contributed by atoms with Crippen LogP contribution in [-0.2, 0) is 14.3 Å². The van der Waals surface area contributed by atoms with E-state index in [0.717, 1.165) is 48.9 Å². The number of ether oxygens (including phenoxy) is 1. The summed E-state index contributed by atoms with van der Waals surface area (Å²) in [6.07, 6.45) is 5.51. The number of nitrogens with one attached hydrogen (secondary N) is 1. The maximum Gasteiger partial charge on any atom is 0.313 e. The molecule has 41 heavy (non-hydrogen) atoms. The molecule has 3 aliphatic rings. The molecule has 0 bridgehead atoms. The number of anilines is 2. The van der Waals surface area contributed by atoms with E-state index in [1.807, 2.05) is 0 Å². The molecule has 3 fully saturated rings. The van der Waals surface area contributed by atoms with Crippen molar-refractivity contribution in [2.45, 2.75) is 69.9 Å². The van der Waals surface area contributed by atoms with Crippen LogP contribution in [0.4, 0.5) is 11.5 Å². The van der Waals surface area contributed by atoms with Crippen LogP contribution in [0.15, 0.2) is 30.5 Å². The predicted molar refractivity (Wildman–Crippen MR) is 162 cm³/mol. The minimum Gasteiger partial charge on any atom is -0.383 e. The lowest BCUT2D eigenvalue weighted by molar-refractivity contribution is -0.146. The van der Waals surface area contributed by atoms with E-state index in [2.05, 4.69) is 61.2 Å². The molecule has 0 radical (unpaired) electrons. The lowest BCUT2D eigenvalue weighted by Gasteiger charge is -2.43. The molecule has 0 aliphatic carbocycles. The Labute approximate surface area is 245 Å². The monoisotopic (exact) mass is 576 g/mol. The van der Waals surface area contributed by atoms with Crippen molar-refractivity contribution in [1.82, 2.24) is 19.8 Å². The van der Waals surface area contributed by atoms with E-state index in [9.17, 15) is 9.59 Å². The van der Waals surface area contributed by atoms with E-state index in [0.29, 0.717) is 43.1 Å². The summed E-state index contributed by atoms with van der Waals surface area (Å²) >= 11 is 1.79. The molecule has 6 rings (SSSR count). The third-order valence-electron chi connectivity index (χ3n) is 9.31. The largest absolute Gasteiger partial charge is 0.383 e. The second-order valence-electron chi connectivity index (χ2n) is 12.7. The van der Waals surface area contributed by atoms with Crippen molar-refractivity contribution in [3.63, 3.8) is 0 Å². The van der Waals surface area contributed by atoms with Gasteiger partial charge in [0.05, 0.1) is 46.4 Å². The molecule has 3 atom stereocenters. The van der Waals surface area contributed by atoms with Gasteiger partial charge in [-0.3, -0.25) is 9.59 Å². The SMILES string of the molecule is CC1CCC(c2ccc3sc(C4CCN(C)C(C)(C)C4)nc3c2)N(C(=O)C(=O)Nc2cnc(N)c(C3COC3)c2)C1. The zero-order valence-electron chi connectivity index (χ0n) is 24.4. The third kappa shape index (κ3) is 5.57. The van der Waals surface area contributed by atoms with Gasteiger partial charge >= 0.3 is 11.8 Å². The number of benzene rings is 1. The molecule has 0 spiro atoms. The number of carbonyl (C=O) groups excluding carboxylic acids is 2. The standard InChI is InChI=1S/C31H40N6O3S/c1-18-5-7-25(19-6-8-26-24(11-19)35-29(41-26)20-9-10-36(4)31(2,3)13-20)37(15-18)30(39)28(38)34-22-12-23(21-16-40-17-21)27(32)33-14-22/h6,8,11-12,14,18,20-21,25H,5,7,9-10,13,15-17H2,1-4H3,(H2,32,33)(H,34,38). The molecule has 0 saturated carbocycles. The molecule has 1 aromatic carbocycles. The van der Waals surface area contributed by atoms with Crippen LogP contribution in [-0.4, -0.2) is 70.5 Å². The second kappa shape index (κ2) is 11.0. The number of nitrogen functional groups attached to an aromatic ring is 1. The number of fused-ring (bicyclic) bond motifs is 1. The number of nitrogens with two attached hydrogens (primary N) is 1. The maximum atomic E-state index is 13.6. The Kier molecular flexibility index (Phi) is 7.50. The van der Waals surface area contributed by atoms with Gasteiger partial charge in [0, 0.05) is 29.5 Å². The minimum atomic E-state index is -0.659. The van der Waals surface area contributed by atoms with Crippen LogP contribution in [0.25, 0.3) is 10.2 Å². The van der Waals surface area contributed by atoms with Crippen molar-refractivity contribution < 1.29 is 14.3 Å². The molecule has 3 saturated heterocycles. The van der Waals surface area contributed by atoms with Crippen LogP contribution >= 0.6 is 11.3 Å². The topological polar surface area (TPSA) is 114 Å². The zero-order chi connectivity index (χ0) is 28.9. The highest BCUT2D eigenvalue weighted by molar-refractivity contribution is 7.18. The first kappa shape index (κ1) is 28.1. The van der Waals surface area contributed by atoms with Crippen LogP contribution in [0.1, 0.15) is 80.5 Å².